The molecule has 0 saturated heterocycles. The van der Waals surface area contributed by atoms with Crippen molar-refractivity contribution >= 4 is 59.2 Å². The molecule has 9 atom stereocenters. The van der Waals surface area contributed by atoms with Crippen LogP contribution in [0.2, 0.25) is 0 Å². The van der Waals surface area contributed by atoms with E-state index >= 15 is 0 Å². The summed E-state index contributed by atoms with van der Waals surface area (Å²) in [5, 5.41) is 40.4. The van der Waals surface area contributed by atoms with Crippen LogP contribution in [-0.4, -0.2) is 137 Å². The van der Waals surface area contributed by atoms with Crippen molar-refractivity contribution in [2.24, 2.45) is 40.9 Å². The summed E-state index contributed by atoms with van der Waals surface area (Å²) < 4.78 is 0. The standard InChI is InChI=1S/C51H87N11O12/c1-28(2)25-37(61-50(72)41(54)30(5)6)47(69)55-32(9)43(65)56-34(19-13-15-23-52)44(66)58-36(21-22-40(63)64)46(68)59-38(26-29(3)4)48(70)57-35(20-14-16-24-53)45(67)60-39(27-33-17-11-10-12-18-33)49(71)62-42(31(7)8)51(73)74/h10-12,17-18,28-32,34-39,41-42H,13-16,19-27,52-54H2,1-9H3,(H,55,69)(H,56,65)(H,57,70)(H,58,66)(H,59,68)(H,60,67)(H,61,72)(H,62,71)(H,63,64)(H,73,74)/t32-,34-,35-,36-,37-,38-,39-,41-,42-/m0/s1. The lowest BCUT2D eigenvalue weighted by molar-refractivity contribution is -0.143. The van der Waals surface area contributed by atoms with Crippen molar-refractivity contribution in [1.29, 1.82) is 0 Å². The molecule has 0 heterocycles. The van der Waals surface area contributed by atoms with Crippen molar-refractivity contribution in [3.05, 3.63) is 35.9 Å². The molecule has 0 saturated carbocycles. The van der Waals surface area contributed by atoms with Crippen molar-refractivity contribution in [2.75, 3.05) is 13.1 Å². The normalized spacial score (nSPS) is 15.0. The van der Waals surface area contributed by atoms with Gasteiger partial charge in [-0.1, -0.05) is 85.7 Å². The molecule has 418 valence electrons. The largest absolute Gasteiger partial charge is 0.481 e. The van der Waals surface area contributed by atoms with E-state index in [-0.39, 0.29) is 62.9 Å². The molecule has 0 bridgehead atoms. The molecule has 1 rings (SSSR count). The molecule has 1 aromatic rings. The number of aliphatic carboxylic acids is 2. The molecular formula is C51H87N11O12. The third-order valence-electron chi connectivity index (χ3n) is 12.0. The highest BCUT2D eigenvalue weighted by atomic mass is 16.4. The average molecular weight is 1050 g/mol. The first kappa shape index (κ1) is 65.8. The van der Waals surface area contributed by atoms with E-state index in [9.17, 15) is 58.2 Å². The van der Waals surface area contributed by atoms with E-state index in [0.29, 0.717) is 31.2 Å². The van der Waals surface area contributed by atoms with Gasteiger partial charge >= 0.3 is 11.9 Å². The number of benzene rings is 1. The molecule has 0 radical (unpaired) electrons. The maximum Gasteiger partial charge on any atom is 0.326 e. The molecule has 0 unspecified atom stereocenters. The van der Waals surface area contributed by atoms with Gasteiger partial charge in [0.25, 0.3) is 0 Å². The Morgan fingerprint density at radius 2 is 0.851 bits per heavy atom. The molecule has 0 fully saturated rings. The summed E-state index contributed by atoms with van der Waals surface area (Å²) >= 11 is 0. The van der Waals surface area contributed by atoms with Gasteiger partial charge in [0.2, 0.25) is 47.3 Å². The highest BCUT2D eigenvalue weighted by Gasteiger charge is 2.35. The van der Waals surface area contributed by atoms with Gasteiger partial charge in [0.15, 0.2) is 0 Å². The van der Waals surface area contributed by atoms with Crippen molar-refractivity contribution in [1.82, 2.24) is 42.5 Å². The highest BCUT2D eigenvalue weighted by molar-refractivity contribution is 5.98. The molecular weight excluding hydrogens is 959 g/mol. The molecule has 0 aliphatic heterocycles. The predicted molar refractivity (Wildman–Crippen MR) is 278 cm³/mol. The Morgan fingerprint density at radius 3 is 1.27 bits per heavy atom. The second kappa shape index (κ2) is 34.3. The van der Waals surface area contributed by atoms with Crippen LogP contribution in [0.3, 0.4) is 0 Å². The molecule has 23 nitrogen and oxygen atoms in total. The minimum atomic E-state index is -1.55. The molecule has 0 aromatic heterocycles. The number of hydrogen-bond donors (Lipinski definition) is 13. The minimum absolute atomic E-state index is 0.0206. The van der Waals surface area contributed by atoms with Crippen molar-refractivity contribution in [3.8, 4) is 0 Å². The van der Waals surface area contributed by atoms with E-state index in [1.165, 1.54) is 6.92 Å². The molecule has 8 amide bonds. The van der Waals surface area contributed by atoms with E-state index < -0.39 is 132 Å². The number of amides is 8. The fourth-order valence-electron chi connectivity index (χ4n) is 7.63. The van der Waals surface area contributed by atoms with Gasteiger partial charge in [0, 0.05) is 12.8 Å². The maximum absolute atomic E-state index is 14.2. The number of nitrogens with one attached hydrogen (secondary N) is 8. The number of carbonyl (C=O) groups excluding carboxylic acids is 8. The number of rotatable bonds is 36. The SMILES string of the molecule is CC(C)C[C@H](NC(=O)[C@H](CCC(=O)O)NC(=O)[C@H](CCCCN)NC(=O)[C@H](C)NC(=O)[C@H](CC(C)C)NC(=O)[C@@H](N)C(C)C)C(=O)N[C@@H](CCCCN)C(=O)N[C@@H](Cc1ccccc1)C(=O)N[C@H](C(=O)O)C(C)C. The molecule has 16 N–H and O–H groups in total. The van der Waals surface area contributed by atoms with Gasteiger partial charge in [-0.2, -0.15) is 0 Å². The summed E-state index contributed by atoms with van der Waals surface area (Å²) in [7, 11) is 0. The molecule has 74 heavy (non-hydrogen) atoms. The molecule has 0 spiro atoms. The first-order valence-electron chi connectivity index (χ1n) is 25.8. The molecule has 23 heteroatoms. The molecule has 0 aliphatic carbocycles. The summed E-state index contributed by atoms with van der Waals surface area (Å²) in [6.07, 6.45) is 0.910. The van der Waals surface area contributed by atoms with Crippen LogP contribution in [0.25, 0.3) is 0 Å². The van der Waals surface area contributed by atoms with Gasteiger partial charge in [-0.3, -0.25) is 43.2 Å². The summed E-state index contributed by atoms with van der Waals surface area (Å²) in [6.45, 7) is 15.9. The molecule has 0 aliphatic rings. The van der Waals surface area contributed by atoms with Crippen LogP contribution in [0, 0.1) is 23.7 Å². The smallest absolute Gasteiger partial charge is 0.326 e. The van der Waals surface area contributed by atoms with E-state index in [1.54, 1.807) is 71.9 Å². The molecule has 1 aromatic carbocycles. The Labute approximate surface area is 435 Å². The lowest BCUT2D eigenvalue weighted by Gasteiger charge is -2.28. The fraction of sp³-hybridized carbons (Fsp3) is 0.686. The number of unbranched alkanes of at least 4 members (excludes halogenated alkanes) is 2. The Kier molecular flexibility index (Phi) is 30.5. The van der Waals surface area contributed by atoms with Crippen molar-refractivity contribution < 1.29 is 58.2 Å². The predicted octanol–water partition coefficient (Wildman–Crippen LogP) is 0.0663. The minimum Gasteiger partial charge on any atom is -0.481 e. The van der Waals surface area contributed by atoms with E-state index in [1.807, 2.05) is 13.8 Å². The Morgan fingerprint density at radius 1 is 0.459 bits per heavy atom. The van der Waals surface area contributed by atoms with Gasteiger partial charge in [0.1, 0.15) is 48.3 Å². The van der Waals surface area contributed by atoms with Gasteiger partial charge < -0.3 is 69.9 Å². The first-order valence-corrected chi connectivity index (χ1v) is 25.8. The number of hydrogen-bond acceptors (Lipinski definition) is 13. The van der Waals surface area contributed by atoms with E-state index in [2.05, 4.69) is 42.5 Å². The number of carbonyl (C=O) groups is 10. The van der Waals surface area contributed by atoms with E-state index in [4.69, 9.17) is 17.2 Å². The zero-order valence-corrected chi connectivity index (χ0v) is 44.8. The second-order valence-electron chi connectivity index (χ2n) is 20.4. The summed E-state index contributed by atoms with van der Waals surface area (Å²) in [5.74, 6) is -9.66. The number of carboxylic acid groups (broad SMARTS) is 2. The van der Waals surface area contributed by atoms with Gasteiger partial charge in [0.05, 0.1) is 6.04 Å². The first-order chi connectivity index (χ1) is 34.7. The van der Waals surface area contributed by atoms with Crippen LogP contribution in [0.5, 0.6) is 0 Å². The highest BCUT2D eigenvalue weighted by Crippen LogP contribution is 2.13. The van der Waals surface area contributed by atoms with Crippen LogP contribution < -0.4 is 59.7 Å². The van der Waals surface area contributed by atoms with Crippen LogP contribution >= 0.6 is 0 Å². The Bertz CT molecular complexity index is 1990. The Hall–Kier alpha value is -6.20. The van der Waals surface area contributed by atoms with Gasteiger partial charge in [-0.25, -0.2) is 4.79 Å². The second-order valence-corrected chi connectivity index (χ2v) is 20.4. The zero-order chi connectivity index (χ0) is 56.2. The topological polar surface area (TPSA) is 385 Å². The van der Waals surface area contributed by atoms with Crippen LogP contribution in [0.4, 0.5) is 0 Å². The summed E-state index contributed by atoms with van der Waals surface area (Å²) in [4.78, 5) is 134. The fourth-order valence-corrected chi connectivity index (χ4v) is 7.63. The average Bonchev–Trinajstić information content (AvgIpc) is 3.32. The maximum atomic E-state index is 14.2. The number of nitrogens with two attached hydrogens (primary N) is 3. The third kappa shape index (κ3) is 25.2. The van der Waals surface area contributed by atoms with Crippen LogP contribution in [-0.2, 0) is 54.4 Å². The zero-order valence-electron chi connectivity index (χ0n) is 44.8. The van der Waals surface area contributed by atoms with Crippen LogP contribution in [0.1, 0.15) is 132 Å². The lowest BCUT2D eigenvalue weighted by Crippen LogP contribution is -2.60. The number of carboxylic acids is 2. The third-order valence-corrected chi connectivity index (χ3v) is 12.0. The van der Waals surface area contributed by atoms with Crippen molar-refractivity contribution in [3.63, 3.8) is 0 Å². The monoisotopic (exact) mass is 1050 g/mol. The summed E-state index contributed by atoms with van der Waals surface area (Å²) in [6, 6.07) is -2.43. The van der Waals surface area contributed by atoms with Crippen molar-refractivity contribution in [2.45, 2.75) is 187 Å². The quantitative estimate of drug-likeness (QED) is 0.0396. The van der Waals surface area contributed by atoms with E-state index in [0.717, 1.165) is 0 Å². The van der Waals surface area contributed by atoms with Crippen LogP contribution in [0.15, 0.2) is 30.3 Å². The van der Waals surface area contributed by atoms with Gasteiger partial charge in [-0.05, 0) is 107 Å². The summed E-state index contributed by atoms with van der Waals surface area (Å²) in [5.41, 5.74) is 18.1. The Balaban J connectivity index is 3.48. The van der Waals surface area contributed by atoms with Gasteiger partial charge in [-0.15, -0.1) is 0 Å². The lowest BCUT2D eigenvalue weighted by atomic mass is 9.99.